The summed E-state index contributed by atoms with van der Waals surface area (Å²) in [6.45, 7) is 22.8. The van der Waals surface area contributed by atoms with Gasteiger partial charge in [0, 0.05) is 0 Å². The SMILES string of the molecule is CC(C)OCC(COC(C)C)(COC(C)(C)C)COC(C)(C)C. The molecule has 0 rings (SSSR count). The summed E-state index contributed by atoms with van der Waals surface area (Å²) in [7, 11) is 0. The summed E-state index contributed by atoms with van der Waals surface area (Å²) in [5, 5.41) is 0. The quantitative estimate of drug-likeness (QED) is 0.592. The zero-order valence-corrected chi connectivity index (χ0v) is 17.1. The first-order valence-electron chi connectivity index (χ1n) is 8.76. The fourth-order valence-electron chi connectivity index (χ4n) is 1.68. The lowest BCUT2D eigenvalue weighted by molar-refractivity contribution is -0.162. The Morgan fingerprint density at radius 1 is 0.565 bits per heavy atom. The molecular formula is C19H40O4. The Kier molecular flexibility index (Phi) is 9.29. The van der Waals surface area contributed by atoms with Gasteiger partial charge in [0.1, 0.15) is 0 Å². The maximum Gasteiger partial charge on any atom is 0.0638 e. The highest BCUT2D eigenvalue weighted by Crippen LogP contribution is 2.26. The first-order chi connectivity index (χ1) is 10.2. The van der Waals surface area contributed by atoms with Crippen LogP contribution in [0.2, 0.25) is 0 Å². The topological polar surface area (TPSA) is 36.9 Å². The monoisotopic (exact) mass is 332 g/mol. The van der Waals surface area contributed by atoms with E-state index in [4.69, 9.17) is 18.9 Å². The highest BCUT2D eigenvalue weighted by molar-refractivity contribution is 4.82. The van der Waals surface area contributed by atoms with Gasteiger partial charge in [-0.15, -0.1) is 0 Å². The van der Waals surface area contributed by atoms with Crippen molar-refractivity contribution in [2.75, 3.05) is 26.4 Å². The van der Waals surface area contributed by atoms with Crippen molar-refractivity contribution in [3.63, 3.8) is 0 Å². The van der Waals surface area contributed by atoms with Gasteiger partial charge in [-0.05, 0) is 69.2 Å². The van der Waals surface area contributed by atoms with Crippen molar-refractivity contribution in [3.05, 3.63) is 0 Å². The molecule has 0 aromatic carbocycles. The second kappa shape index (κ2) is 9.36. The van der Waals surface area contributed by atoms with Gasteiger partial charge in [0.05, 0.1) is 55.3 Å². The molecule has 0 radical (unpaired) electrons. The molecule has 0 aliphatic heterocycles. The summed E-state index contributed by atoms with van der Waals surface area (Å²) in [4.78, 5) is 0. The predicted octanol–water partition coefficient (Wildman–Crippen LogP) is 4.45. The van der Waals surface area contributed by atoms with Gasteiger partial charge in [0.2, 0.25) is 0 Å². The molecule has 0 atom stereocenters. The van der Waals surface area contributed by atoms with E-state index in [0.29, 0.717) is 26.4 Å². The van der Waals surface area contributed by atoms with Gasteiger partial charge in [-0.2, -0.15) is 0 Å². The first-order valence-corrected chi connectivity index (χ1v) is 8.76. The van der Waals surface area contributed by atoms with Crippen molar-refractivity contribution in [1.29, 1.82) is 0 Å². The van der Waals surface area contributed by atoms with E-state index in [1.807, 2.05) is 27.7 Å². The molecule has 0 amide bonds. The minimum Gasteiger partial charge on any atom is -0.378 e. The van der Waals surface area contributed by atoms with E-state index in [1.54, 1.807) is 0 Å². The largest absolute Gasteiger partial charge is 0.378 e. The van der Waals surface area contributed by atoms with Crippen LogP contribution >= 0.6 is 0 Å². The molecule has 140 valence electrons. The maximum atomic E-state index is 6.08. The molecule has 0 unspecified atom stereocenters. The predicted molar refractivity (Wildman–Crippen MR) is 96.0 cm³/mol. The van der Waals surface area contributed by atoms with Crippen LogP contribution in [0.4, 0.5) is 0 Å². The van der Waals surface area contributed by atoms with Gasteiger partial charge >= 0.3 is 0 Å². The van der Waals surface area contributed by atoms with Crippen molar-refractivity contribution < 1.29 is 18.9 Å². The number of hydrogen-bond acceptors (Lipinski definition) is 4. The third-order valence-corrected chi connectivity index (χ3v) is 3.07. The van der Waals surface area contributed by atoms with Gasteiger partial charge in [-0.1, -0.05) is 0 Å². The Morgan fingerprint density at radius 2 is 0.870 bits per heavy atom. The molecule has 0 saturated heterocycles. The van der Waals surface area contributed by atoms with E-state index >= 15 is 0 Å². The van der Waals surface area contributed by atoms with E-state index < -0.39 is 0 Å². The van der Waals surface area contributed by atoms with Gasteiger partial charge in [-0.3, -0.25) is 0 Å². The Morgan fingerprint density at radius 3 is 1.09 bits per heavy atom. The van der Waals surface area contributed by atoms with Crippen LogP contribution in [0.15, 0.2) is 0 Å². The third-order valence-electron chi connectivity index (χ3n) is 3.07. The Balaban J connectivity index is 5.14. The second-order valence-electron chi connectivity index (χ2n) is 9.02. The van der Waals surface area contributed by atoms with Crippen LogP contribution < -0.4 is 0 Å². The lowest BCUT2D eigenvalue weighted by Crippen LogP contribution is -2.46. The molecule has 0 aliphatic rings. The van der Waals surface area contributed by atoms with Crippen molar-refractivity contribution >= 4 is 0 Å². The molecule has 0 aromatic rings. The smallest absolute Gasteiger partial charge is 0.0638 e. The molecule has 0 bridgehead atoms. The zero-order chi connectivity index (χ0) is 18.3. The van der Waals surface area contributed by atoms with Crippen LogP contribution in [0.1, 0.15) is 69.2 Å². The van der Waals surface area contributed by atoms with Crippen LogP contribution in [0, 0.1) is 5.41 Å². The average molecular weight is 333 g/mol. The molecule has 0 fully saturated rings. The molecular weight excluding hydrogens is 292 g/mol. The first kappa shape index (κ1) is 22.8. The minimum absolute atomic E-state index is 0.165. The molecule has 4 heteroatoms. The highest BCUT2D eigenvalue weighted by atomic mass is 16.5. The fourth-order valence-corrected chi connectivity index (χ4v) is 1.68. The number of hydrogen-bond donors (Lipinski definition) is 0. The molecule has 0 aromatic heterocycles. The fraction of sp³-hybridized carbons (Fsp3) is 1.00. The summed E-state index contributed by atoms with van der Waals surface area (Å²) in [5.41, 5.74) is -0.722. The van der Waals surface area contributed by atoms with E-state index in [0.717, 1.165) is 0 Å². The summed E-state index contributed by atoms with van der Waals surface area (Å²) >= 11 is 0. The van der Waals surface area contributed by atoms with Crippen LogP contribution in [-0.4, -0.2) is 49.8 Å². The van der Waals surface area contributed by atoms with Crippen molar-refractivity contribution in [2.45, 2.75) is 92.6 Å². The van der Waals surface area contributed by atoms with Gasteiger partial charge in [0.15, 0.2) is 0 Å². The Hall–Kier alpha value is -0.160. The molecule has 0 spiro atoms. The number of ether oxygens (including phenoxy) is 4. The summed E-state index contributed by atoms with van der Waals surface area (Å²) in [6.07, 6.45) is 0.329. The minimum atomic E-state index is -0.310. The third kappa shape index (κ3) is 12.9. The molecule has 0 aliphatic carbocycles. The summed E-state index contributed by atoms with van der Waals surface area (Å²) in [5.74, 6) is 0. The lowest BCUT2D eigenvalue weighted by Gasteiger charge is -2.38. The van der Waals surface area contributed by atoms with Crippen LogP contribution in [0.25, 0.3) is 0 Å². The van der Waals surface area contributed by atoms with Crippen LogP contribution in [-0.2, 0) is 18.9 Å². The Labute approximate surface area is 144 Å². The molecule has 0 heterocycles. The van der Waals surface area contributed by atoms with Gasteiger partial charge in [0.25, 0.3) is 0 Å². The van der Waals surface area contributed by atoms with Crippen molar-refractivity contribution in [2.24, 2.45) is 5.41 Å². The second-order valence-corrected chi connectivity index (χ2v) is 9.02. The van der Waals surface area contributed by atoms with E-state index in [1.165, 1.54) is 0 Å². The van der Waals surface area contributed by atoms with Crippen LogP contribution in [0.5, 0.6) is 0 Å². The van der Waals surface area contributed by atoms with Crippen LogP contribution in [0.3, 0.4) is 0 Å². The highest BCUT2D eigenvalue weighted by Gasteiger charge is 2.36. The standard InChI is InChI=1S/C19H40O4/c1-15(2)20-11-19(12-21-16(3)4,13-22-17(5,6)7)14-23-18(8,9)10/h15-16H,11-14H2,1-10H3. The summed E-state index contributed by atoms with van der Waals surface area (Å²) < 4.78 is 24.0. The van der Waals surface area contributed by atoms with Crippen molar-refractivity contribution in [1.82, 2.24) is 0 Å². The zero-order valence-electron chi connectivity index (χ0n) is 17.1. The Bertz CT molecular complexity index is 278. The molecule has 4 nitrogen and oxygen atoms in total. The molecule has 0 saturated carbocycles. The number of rotatable bonds is 10. The van der Waals surface area contributed by atoms with E-state index in [2.05, 4.69) is 41.5 Å². The average Bonchev–Trinajstić information content (AvgIpc) is 2.34. The van der Waals surface area contributed by atoms with Gasteiger partial charge in [-0.25, -0.2) is 0 Å². The van der Waals surface area contributed by atoms with E-state index in [-0.39, 0.29) is 28.8 Å². The van der Waals surface area contributed by atoms with E-state index in [9.17, 15) is 0 Å². The normalized spacial score (nSPS) is 14.1. The van der Waals surface area contributed by atoms with Crippen molar-refractivity contribution in [3.8, 4) is 0 Å². The summed E-state index contributed by atoms with van der Waals surface area (Å²) in [6, 6.07) is 0. The molecule has 0 N–H and O–H groups in total. The van der Waals surface area contributed by atoms with Gasteiger partial charge < -0.3 is 18.9 Å². The maximum absolute atomic E-state index is 6.08. The molecule has 23 heavy (non-hydrogen) atoms. The lowest BCUT2D eigenvalue weighted by atomic mass is 9.91.